The molecule has 0 radical (unpaired) electrons. The molecule has 1 aromatic rings. The van der Waals surface area contributed by atoms with Crippen LogP contribution in [0.15, 0.2) is 29.2 Å². The van der Waals surface area contributed by atoms with Gasteiger partial charge in [0.1, 0.15) is 0 Å². The zero-order valence-electron chi connectivity index (χ0n) is 11.4. The molecule has 0 heterocycles. The number of anilines is 1. The molecule has 106 valence electrons. The Labute approximate surface area is 115 Å². The van der Waals surface area contributed by atoms with E-state index in [0.29, 0.717) is 4.90 Å². The van der Waals surface area contributed by atoms with Crippen LogP contribution in [0.2, 0.25) is 0 Å². The van der Waals surface area contributed by atoms with Crippen LogP contribution >= 0.6 is 0 Å². The van der Waals surface area contributed by atoms with E-state index in [0.717, 1.165) is 37.9 Å². The van der Waals surface area contributed by atoms with E-state index in [1.54, 1.807) is 24.3 Å². The lowest BCUT2D eigenvalue weighted by molar-refractivity contribution is 0.412. The second-order valence-corrected chi connectivity index (χ2v) is 6.72. The predicted octanol–water partition coefficient (Wildman–Crippen LogP) is 2.73. The van der Waals surface area contributed by atoms with E-state index in [-0.39, 0.29) is 6.04 Å². The fourth-order valence-corrected chi connectivity index (χ4v) is 3.77. The van der Waals surface area contributed by atoms with E-state index >= 15 is 0 Å². The highest BCUT2D eigenvalue weighted by Gasteiger charge is 2.21. The maximum Gasteiger partial charge on any atom is 0.240 e. The quantitative estimate of drug-likeness (QED) is 0.873. The third-order valence-electron chi connectivity index (χ3n) is 3.47. The molecule has 19 heavy (non-hydrogen) atoms. The number of benzene rings is 1. The molecule has 1 fully saturated rings. The van der Waals surface area contributed by atoms with Gasteiger partial charge >= 0.3 is 0 Å². The van der Waals surface area contributed by atoms with Crippen molar-refractivity contribution in [2.24, 2.45) is 0 Å². The van der Waals surface area contributed by atoms with Crippen LogP contribution in [0.3, 0.4) is 0 Å². The summed E-state index contributed by atoms with van der Waals surface area (Å²) in [6.07, 6.45) is 5.36. The summed E-state index contributed by atoms with van der Waals surface area (Å²) in [6.45, 7) is 2.84. The highest BCUT2D eigenvalue weighted by molar-refractivity contribution is 7.89. The molecule has 0 spiro atoms. The van der Waals surface area contributed by atoms with E-state index in [1.807, 2.05) is 6.92 Å². The Kier molecular flexibility index (Phi) is 4.82. The Balaban J connectivity index is 2.05. The maximum atomic E-state index is 12.2. The van der Waals surface area contributed by atoms with Gasteiger partial charge in [-0.05, 0) is 44.0 Å². The Hall–Kier alpha value is -1.07. The summed E-state index contributed by atoms with van der Waals surface area (Å²) in [5, 5.41) is 3.15. The summed E-state index contributed by atoms with van der Waals surface area (Å²) in [4.78, 5) is 0.347. The second-order valence-electron chi connectivity index (χ2n) is 5.01. The average Bonchev–Trinajstić information content (AvgIpc) is 2.40. The molecule has 2 N–H and O–H groups in total. The Morgan fingerprint density at radius 3 is 2.32 bits per heavy atom. The monoisotopic (exact) mass is 282 g/mol. The zero-order valence-corrected chi connectivity index (χ0v) is 12.2. The van der Waals surface area contributed by atoms with Gasteiger partial charge in [-0.2, -0.15) is 0 Å². The third-order valence-corrected chi connectivity index (χ3v) is 5.01. The van der Waals surface area contributed by atoms with Crippen LogP contribution in [0.1, 0.15) is 39.0 Å². The summed E-state index contributed by atoms with van der Waals surface area (Å²) in [5.74, 6) is 0. The SMILES string of the molecule is CCNc1ccc(S(=O)(=O)NC2CCCCC2)cc1. The first-order chi connectivity index (χ1) is 9.12. The molecule has 1 saturated carbocycles. The molecular formula is C14H22N2O2S. The molecule has 0 saturated heterocycles. The molecule has 0 atom stereocenters. The van der Waals surface area contributed by atoms with Crippen LogP contribution in [0.5, 0.6) is 0 Å². The fraction of sp³-hybridized carbons (Fsp3) is 0.571. The Bertz CT molecular complexity index is 491. The lowest BCUT2D eigenvalue weighted by Crippen LogP contribution is -2.36. The second kappa shape index (κ2) is 6.39. The molecule has 0 amide bonds. The standard InChI is InChI=1S/C14H22N2O2S/c1-2-15-12-8-10-14(11-9-12)19(17,18)16-13-6-4-3-5-7-13/h8-11,13,15-16H,2-7H2,1H3. The highest BCUT2D eigenvalue weighted by atomic mass is 32.2. The first-order valence-corrected chi connectivity index (χ1v) is 8.46. The summed E-state index contributed by atoms with van der Waals surface area (Å²) in [5.41, 5.74) is 0.944. The van der Waals surface area contributed by atoms with Crippen molar-refractivity contribution in [2.75, 3.05) is 11.9 Å². The van der Waals surface area contributed by atoms with E-state index in [1.165, 1.54) is 6.42 Å². The Morgan fingerprint density at radius 1 is 1.11 bits per heavy atom. The molecule has 5 heteroatoms. The molecule has 0 aromatic heterocycles. The lowest BCUT2D eigenvalue weighted by atomic mass is 9.96. The van der Waals surface area contributed by atoms with Gasteiger partial charge in [0.2, 0.25) is 10.0 Å². The topological polar surface area (TPSA) is 58.2 Å². The van der Waals surface area contributed by atoms with Gasteiger partial charge in [-0.15, -0.1) is 0 Å². The fourth-order valence-electron chi connectivity index (χ4n) is 2.46. The Morgan fingerprint density at radius 2 is 1.74 bits per heavy atom. The van der Waals surface area contributed by atoms with Gasteiger partial charge in [-0.1, -0.05) is 19.3 Å². The number of rotatable bonds is 5. The first-order valence-electron chi connectivity index (χ1n) is 6.98. The van der Waals surface area contributed by atoms with E-state index in [4.69, 9.17) is 0 Å². The van der Waals surface area contributed by atoms with Crippen molar-refractivity contribution in [1.82, 2.24) is 4.72 Å². The molecule has 4 nitrogen and oxygen atoms in total. The largest absolute Gasteiger partial charge is 0.385 e. The number of hydrogen-bond acceptors (Lipinski definition) is 3. The van der Waals surface area contributed by atoms with E-state index < -0.39 is 10.0 Å². The van der Waals surface area contributed by atoms with Gasteiger partial charge in [0.25, 0.3) is 0 Å². The van der Waals surface area contributed by atoms with Gasteiger partial charge in [0.05, 0.1) is 4.90 Å². The maximum absolute atomic E-state index is 12.2. The molecular weight excluding hydrogens is 260 g/mol. The molecule has 1 aliphatic rings. The molecule has 2 rings (SSSR count). The van der Waals surface area contributed by atoms with Gasteiger partial charge in [-0.3, -0.25) is 0 Å². The average molecular weight is 282 g/mol. The number of nitrogens with one attached hydrogen (secondary N) is 2. The lowest BCUT2D eigenvalue weighted by Gasteiger charge is -2.22. The summed E-state index contributed by atoms with van der Waals surface area (Å²) >= 11 is 0. The normalized spacial score (nSPS) is 17.3. The zero-order chi connectivity index (χ0) is 13.7. The van der Waals surface area contributed by atoms with Crippen molar-refractivity contribution in [1.29, 1.82) is 0 Å². The van der Waals surface area contributed by atoms with Crippen molar-refractivity contribution in [2.45, 2.75) is 50.0 Å². The molecule has 0 unspecified atom stereocenters. The van der Waals surface area contributed by atoms with Crippen molar-refractivity contribution < 1.29 is 8.42 Å². The third kappa shape index (κ3) is 3.94. The van der Waals surface area contributed by atoms with Gasteiger partial charge in [-0.25, -0.2) is 13.1 Å². The van der Waals surface area contributed by atoms with Crippen molar-refractivity contribution in [3.05, 3.63) is 24.3 Å². The smallest absolute Gasteiger partial charge is 0.240 e. The minimum atomic E-state index is -3.37. The molecule has 0 bridgehead atoms. The van der Waals surface area contributed by atoms with Crippen LogP contribution in [-0.2, 0) is 10.0 Å². The van der Waals surface area contributed by atoms with Crippen LogP contribution < -0.4 is 10.0 Å². The molecule has 1 aromatic carbocycles. The van der Waals surface area contributed by atoms with Crippen LogP contribution in [0, 0.1) is 0 Å². The number of sulfonamides is 1. The first kappa shape index (κ1) is 14.3. The minimum absolute atomic E-state index is 0.104. The van der Waals surface area contributed by atoms with Gasteiger partial charge in [0.15, 0.2) is 0 Å². The summed E-state index contributed by atoms with van der Waals surface area (Å²) < 4.78 is 27.3. The van der Waals surface area contributed by atoms with E-state index in [9.17, 15) is 8.42 Å². The van der Waals surface area contributed by atoms with E-state index in [2.05, 4.69) is 10.0 Å². The van der Waals surface area contributed by atoms with Crippen molar-refractivity contribution in [3.63, 3.8) is 0 Å². The van der Waals surface area contributed by atoms with Crippen LogP contribution in [0.25, 0.3) is 0 Å². The molecule has 0 aliphatic heterocycles. The molecule has 1 aliphatic carbocycles. The van der Waals surface area contributed by atoms with Crippen LogP contribution in [-0.4, -0.2) is 21.0 Å². The predicted molar refractivity (Wildman–Crippen MR) is 77.8 cm³/mol. The van der Waals surface area contributed by atoms with Crippen molar-refractivity contribution >= 4 is 15.7 Å². The summed E-state index contributed by atoms with van der Waals surface area (Å²) in [7, 11) is -3.37. The van der Waals surface area contributed by atoms with Gasteiger partial charge < -0.3 is 5.32 Å². The summed E-state index contributed by atoms with van der Waals surface area (Å²) in [6, 6.07) is 7.02. The highest BCUT2D eigenvalue weighted by Crippen LogP contribution is 2.20. The minimum Gasteiger partial charge on any atom is -0.385 e. The van der Waals surface area contributed by atoms with Crippen LogP contribution in [0.4, 0.5) is 5.69 Å². The van der Waals surface area contributed by atoms with Crippen molar-refractivity contribution in [3.8, 4) is 0 Å². The van der Waals surface area contributed by atoms with Gasteiger partial charge in [0, 0.05) is 18.3 Å². The number of hydrogen-bond donors (Lipinski definition) is 2.